The van der Waals surface area contributed by atoms with Crippen molar-refractivity contribution in [2.45, 2.75) is 20.8 Å². The van der Waals surface area contributed by atoms with Crippen LogP contribution in [0.15, 0.2) is 41.4 Å². The van der Waals surface area contributed by atoms with Crippen molar-refractivity contribution in [1.29, 1.82) is 0 Å². The third-order valence-electron chi connectivity index (χ3n) is 4.17. The van der Waals surface area contributed by atoms with Gasteiger partial charge in [-0.25, -0.2) is 4.98 Å². The number of carbonyl (C=O) groups is 1. The first-order valence-corrected chi connectivity index (χ1v) is 9.27. The van der Waals surface area contributed by atoms with E-state index in [1.165, 1.54) is 11.3 Å². The zero-order valence-corrected chi connectivity index (χ0v) is 16.2. The molecule has 2 N–H and O–H groups in total. The first kappa shape index (κ1) is 18.8. The van der Waals surface area contributed by atoms with E-state index in [4.69, 9.17) is 0 Å². The normalized spacial score (nSPS) is 11.2. The highest BCUT2D eigenvalue weighted by atomic mass is 32.1. The van der Waals surface area contributed by atoms with Crippen molar-refractivity contribution in [1.82, 2.24) is 4.98 Å². The predicted molar refractivity (Wildman–Crippen MR) is 108 cm³/mol. The van der Waals surface area contributed by atoms with Crippen LogP contribution in [0.4, 0.5) is 0 Å². The maximum atomic E-state index is 12.5. The molecular weight excluding hydrogens is 360 g/mol. The molecule has 0 saturated carbocycles. The van der Waals surface area contributed by atoms with E-state index in [0.29, 0.717) is 21.1 Å². The molecule has 0 atom stereocenters. The first-order valence-electron chi connectivity index (χ1n) is 8.46. The Morgan fingerprint density at radius 1 is 1.15 bits per heavy atom. The van der Waals surface area contributed by atoms with Crippen LogP contribution in [-0.2, 0) is 0 Å². The van der Waals surface area contributed by atoms with Gasteiger partial charge in [-0.2, -0.15) is 0 Å². The van der Waals surface area contributed by atoms with Gasteiger partial charge in [0.1, 0.15) is 23.1 Å². The number of aliphatic imine (C=N–C) groups is 1. The Kier molecular flexibility index (Phi) is 5.37. The third-order valence-corrected chi connectivity index (χ3v) is 5.40. The Morgan fingerprint density at radius 3 is 2.48 bits per heavy atom. The number of para-hydroxylation sites is 1. The molecule has 0 amide bonds. The number of phenolic OH excluding ortho intramolecular Hbond substituents is 2. The van der Waals surface area contributed by atoms with E-state index in [9.17, 15) is 15.0 Å². The van der Waals surface area contributed by atoms with Crippen LogP contribution in [0.5, 0.6) is 11.5 Å². The molecule has 0 unspecified atom stereocenters. The summed E-state index contributed by atoms with van der Waals surface area (Å²) in [5.74, 6) is 0.302. The van der Waals surface area contributed by atoms with Gasteiger partial charge in [-0.1, -0.05) is 12.1 Å². The van der Waals surface area contributed by atoms with Gasteiger partial charge in [0, 0.05) is 6.21 Å². The van der Waals surface area contributed by atoms with Crippen LogP contribution in [0.1, 0.15) is 32.1 Å². The molecule has 27 heavy (non-hydrogen) atoms. The van der Waals surface area contributed by atoms with E-state index >= 15 is 0 Å². The van der Waals surface area contributed by atoms with Crippen molar-refractivity contribution in [3.63, 3.8) is 0 Å². The summed E-state index contributed by atoms with van der Waals surface area (Å²) in [6.07, 6.45) is 1.64. The van der Waals surface area contributed by atoms with Crippen LogP contribution >= 0.6 is 11.3 Å². The van der Waals surface area contributed by atoms with Gasteiger partial charge < -0.3 is 10.2 Å². The number of aromatic nitrogens is 1. The SMILES string of the molecule is Cc1cc(C=NCC(=O)c2sc(-c3ccccc3O)nc2C)cc(C)c1O. The number of aryl methyl sites for hydroxylation is 3. The minimum atomic E-state index is -0.116. The quantitative estimate of drug-likeness (QED) is 0.506. The third kappa shape index (κ3) is 4.06. The molecule has 6 heteroatoms. The molecule has 0 fully saturated rings. The molecule has 0 radical (unpaired) electrons. The highest BCUT2D eigenvalue weighted by Gasteiger charge is 2.17. The fourth-order valence-electron chi connectivity index (χ4n) is 2.79. The largest absolute Gasteiger partial charge is 0.507 e. The van der Waals surface area contributed by atoms with Crippen molar-refractivity contribution in [3.05, 3.63) is 63.7 Å². The van der Waals surface area contributed by atoms with Gasteiger partial charge in [0.25, 0.3) is 0 Å². The molecule has 1 heterocycles. The maximum absolute atomic E-state index is 12.5. The minimum absolute atomic E-state index is 0.0161. The van der Waals surface area contributed by atoms with Crippen LogP contribution in [0, 0.1) is 20.8 Å². The lowest BCUT2D eigenvalue weighted by Crippen LogP contribution is -2.03. The van der Waals surface area contributed by atoms with Gasteiger partial charge in [-0.3, -0.25) is 9.79 Å². The van der Waals surface area contributed by atoms with Crippen molar-refractivity contribution in [3.8, 4) is 22.1 Å². The summed E-state index contributed by atoms with van der Waals surface area (Å²) < 4.78 is 0. The fraction of sp³-hybridized carbons (Fsp3) is 0.190. The van der Waals surface area contributed by atoms with Crippen LogP contribution in [-0.4, -0.2) is 33.7 Å². The van der Waals surface area contributed by atoms with E-state index in [0.717, 1.165) is 16.7 Å². The first-order chi connectivity index (χ1) is 12.9. The van der Waals surface area contributed by atoms with Crippen LogP contribution < -0.4 is 0 Å². The Hall–Kier alpha value is -2.99. The number of ketones is 1. The van der Waals surface area contributed by atoms with Gasteiger partial charge in [-0.05, 0) is 61.7 Å². The summed E-state index contributed by atoms with van der Waals surface area (Å²) in [6, 6.07) is 10.6. The Balaban J connectivity index is 1.76. The molecule has 1 aromatic heterocycles. The van der Waals surface area contributed by atoms with Gasteiger partial charge in [-0.15, -0.1) is 11.3 Å². The number of nitrogens with zero attached hydrogens (tertiary/aromatic N) is 2. The molecule has 0 saturated heterocycles. The number of benzene rings is 2. The minimum Gasteiger partial charge on any atom is -0.507 e. The van der Waals surface area contributed by atoms with E-state index < -0.39 is 0 Å². The van der Waals surface area contributed by atoms with E-state index in [2.05, 4.69) is 9.98 Å². The van der Waals surface area contributed by atoms with Crippen molar-refractivity contribution >= 4 is 23.3 Å². The van der Waals surface area contributed by atoms with Gasteiger partial charge in [0.05, 0.1) is 16.1 Å². The number of carbonyl (C=O) groups excluding carboxylic acids is 1. The number of phenols is 2. The average Bonchev–Trinajstić information content (AvgIpc) is 3.01. The summed E-state index contributed by atoms with van der Waals surface area (Å²) >= 11 is 1.26. The van der Waals surface area contributed by atoms with Crippen molar-refractivity contribution < 1.29 is 15.0 Å². The number of rotatable bonds is 5. The molecule has 3 rings (SSSR count). The highest BCUT2D eigenvalue weighted by molar-refractivity contribution is 7.17. The second-order valence-corrected chi connectivity index (χ2v) is 7.35. The van der Waals surface area contributed by atoms with E-state index in [1.54, 1.807) is 31.3 Å². The summed E-state index contributed by atoms with van der Waals surface area (Å²) in [5, 5.41) is 20.4. The van der Waals surface area contributed by atoms with Crippen molar-refractivity contribution in [2.75, 3.05) is 6.54 Å². The zero-order chi connectivity index (χ0) is 19.6. The Morgan fingerprint density at radius 2 is 1.81 bits per heavy atom. The Bertz CT molecular complexity index is 1010. The lowest BCUT2D eigenvalue weighted by molar-refractivity contribution is 0.100. The predicted octanol–water partition coefficient (Wildman–Crippen LogP) is 4.45. The maximum Gasteiger partial charge on any atom is 0.196 e. The number of Topliss-reactive ketones (excluding diaryl/α,β-unsaturated/α-hetero) is 1. The molecule has 0 aliphatic heterocycles. The summed E-state index contributed by atoms with van der Waals surface area (Å²) in [4.78, 5) is 21.7. The smallest absolute Gasteiger partial charge is 0.196 e. The molecule has 0 bridgehead atoms. The van der Waals surface area contributed by atoms with Crippen LogP contribution in [0.2, 0.25) is 0 Å². The molecule has 3 aromatic rings. The average molecular weight is 380 g/mol. The topological polar surface area (TPSA) is 82.8 Å². The van der Waals surface area contributed by atoms with Gasteiger partial charge in [0.2, 0.25) is 0 Å². The molecule has 5 nitrogen and oxygen atoms in total. The number of hydrogen-bond acceptors (Lipinski definition) is 6. The summed E-state index contributed by atoms with van der Waals surface area (Å²) in [6.45, 7) is 5.45. The molecule has 0 aliphatic carbocycles. The number of thiazole rings is 1. The lowest BCUT2D eigenvalue weighted by atomic mass is 10.1. The molecular formula is C21H20N2O3S. The van der Waals surface area contributed by atoms with Gasteiger partial charge >= 0.3 is 0 Å². The van der Waals surface area contributed by atoms with Crippen LogP contribution in [0.25, 0.3) is 10.6 Å². The molecule has 138 valence electrons. The second kappa shape index (κ2) is 7.72. The standard InChI is InChI=1S/C21H20N2O3S/c1-12-8-15(9-13(2)19(12)26)10-22-11-18(25)20-14(3)23-21(27-20)16-6-4-5-7-17(16)24/h4-10,24,26H,11H2,1-3H3. The second-order valence-electron chi connectivity index (χ2n) is 6.35. The number of hydrogen-bond donors (Lipinski definition) is 2. The highest BCUT2D eigenvalue weighted by Crippen LogP contribution is 2.33. The number of aromatic hydroxyl groups is 2. The van der Waals surface area contributed by atoms with Crippen molar-refractivity contribution in [2.24, 2.45) is 4.99 Å². The van der Waals surface area contributed by atoms with Crippen LogP contribution in [0.3, 0.4) is 0 Å². The summed E-state index contributed by atoms with van der Waals surface area (Å²) in [7, 11) is 0. The zero-order valence-electron chi connectivity index (χ0n) is 15.4. The monoisotopic (exact) mass is 380 g/mol. The Labute approximate surface area is 161 Å². The van der Waals surface area contributed by atoms with E-state index in [1.807, 2.05) is 32.0 Å². The lowest BCUT2D eigenvalue weighted by Gasteiger charge is -2.04. The fourth-order valence-corrected chi connectivity index (χ4v) is 3.82. The molecule has 0 aliphatic rings. The molecule has 0 spiro atoms. The molecule has 2 aromatic carbocycles. The summed E-state index contributed by atoms with van der Waals surface area (Å²) in [5.41, 5.74) is 3.63. The van der Waals surface area contributed by atoms with Gasteiger partial charge in [0.15, 0.2) is 5.78 Å². The van der Waals surface area contributed by atoms with E-state index in [-0.39, 0.29) is 23.8 Å².